The summed E-state index contributed by atoms with van der Waals surface area (Å²) in [4.78, 5) is 33.8. The zero-order valence-electron chi connectivity index (χ0n) is 26.6. The fourth-order valence-corrected chi connectivity index (χ4v) is 7.01. The minimum absolute atomic E-state index is 0.239. The molecule has 0 saturated heterocycles. The third-order valence-corrected chi connectivity index (χ3v) is 9.23. The number of rotatable bonds is 9. The lowest BCUT2D eigenvalue weighted by atomic mass is 9.95. The van der Waals surface area contributed by atoms with Crippen LogP contribution in [0, 0.1) is 0 Å². The zero-order chi connectivity index (χ0) is 33.0. The average Bonchev–Trinajstić information content (AvgIpc) is 3.42. The molecule has 0 fully saturated rings. The molecule has 0 unspecified atom stereocenters. The summed E-state index contributed by atoms with van der Waals surface area (Å²) >= 11 is 1.30. The summed E-state index contributed by atoms with van der Waals surface area (Å²) < 4.78 is 14.2. The number of carbonyl (C=O) groups excluding carboxylic acids is 1. The standard InChI is InChI=1S/C40H33N3O4S/c1-3-46-31-21-18-29(19-22-31)37-36(38(44)42-30-15-8-5-9-16-30)26(2)41-40-43(37)39(45)35(48-40)24-33-32-17-11-10-14-28(32)20-23-34(33)47-25-27-12-6-4-7-13-27/h4-24,37H,3,25H2,1-2H3,(H,42,44)/b35-24-/t37-/m0/s1. The molecule has 238 valence electrons. The normalized spacial score (nSPS) is 14.4. The summed E-state index contributed by atoms with van der Waals surface area (Å²) in [6.45, 7) is 4.67. The van der Waals surface area contributed by atoms with Gasteiger partial charge in [-0.2, -0.15) is 0 Å². The number of allylic oxidation sites excluding steroid dienone is 1. The van der Waals surface area contributed by atoms with E-state index in [0.717, 1.165) is 27.5 Å². The van der Waals surface area contributed by atoms with E-state index in [1.807, 2.05) is 141 Å². The van der Waals surface area contributed by atoms with E-state index in [2.05, 4.69) is 5.32 Å². The lowest BCUT2D eigenvalue weighted by Crippen LogP contribution is -2.40. The number of thiazole rings is 1. The molecule has 2 heterocycles. The maximum atomic E-state index is 14.5. The van der Waals surface area contributed by atoms with Gasteiger partial charge in [0, 0.05) is 11.3 Å². The molecule has 1 N–H and O–H groups in total. The van der Waals surface area contributed by atoms with Crippen molar-refractivity contribution in [3.63, 3.8) is 0 Å². The maximum Gasteiger partial charge on any atom is 0.271 e. The number of anilines is 1. The number of benzene rings is 5. The van der Waals surface area contributed by atoms with Crippen molar-refractivity contribution in [1.29, 1.82) is 0 Å². The highest BCUT2D eigenvalue weighted by Crippen LogP contribution is 2.33. The summed E-state index contributed by atoms with van der Waals surface area (Å²) in [6, 6.07) is 38.1. The number of aromatic nitrogens is 1. The third-order valence-electron chi connectivity index (χ3n) is 8.25. The molecule has 7 rings (SSSR count). The number of nitrogens with one attached hydrogen (secondary N) is 1. The highest BCUT2D eigenvalue weighted by molar-refractivity contribution is 7.07. The summed E-state index contributed by atoms with van der Waals surface area (Å²) in [5, 5.41) is 5.01. The predicted octanol–water partition coefficient (Wildman–Crippen LogP) is 7.00. The molecular formula is C40H33N3O4S. The molecule has 1 amide bonds. The summed E-state index contributed by atoms with van der Waals surface area (Å²) in [5.41, 5.74) is 4.00. The van der Waals surface area contributed by atoms with E-state index in [1.54, 1.807) is 4.57 Å². The Morgan fingerprint density at radius 3 is 2.33 bits per heavy atom. The minimum Gasteiger partial charge on any atom is -0.494 e. The Balaban J connectivity index is 1.37. The van der Waals surface area contributed by atoms with E-state index in [9.17, 15) is 9.59 Å². The number of fused-ring (bicyclic) bond motifs is 2. The van der Waals surface area contributed by atoms with Crippen molar-refractivity contribution < 1.29 is 14.3 Å². The van der Waals surface area contributed by atoms with Gasteiger partial charge >= 0.3 is 0 Å². The molecule has 0 radical (unpaired) electrons. The van der Waals surface area contributed by atoms with E-state index < -0.39 is 6.04 Å². The zero-order valence-corrected chi connectivity index (χ0v) is 27.4. The first-order valence-corrected chi connectivity index (χ1v) is 16.6. The molecule has 1 aromatic heterocycles. The molecular weight excluding hydrogens is 619 g/mol. The topological polar surface area (TPSA) is 81.9 Å². The Kier molecular flexibility index (Phi) is 8.72. The van der Waals surface area contributed by atoms with Crippen LogP contribution in [-0.4, -0.2) is 17.1 Å². The SMILES string of the molecule is CCOc1ccc([C@H]2C(C(=O)Nc3ccccc3)=C(C)N=c3s/c(=C\c4c(OCc5ccccc5)ccc5ccccc45)c(=O)n32)cc1. The monoisotopic (exact) mass is 651 g/mol. The lowest BCUT2D eigenvalue weighted by Gasteiger charge is -2.25. The van der Waals surface area contributed by atoms with Crippen LogP contribution in [0.3, 0.4) is 0 Å². The first-order valence-electron chi connectivity index (χ1n) is 15.8. The van der Waals surface area contributed by atoms with Gasteiger partial charge in [0.25, 0.3) is 11.5 Å². The molecule has 6 aromatic rings. The first-order chi connectivity index (χ1) is 23.5. The first kappa shape index (κ1) is 30.9. The minimum atomic E-state index is -0.705. The van der Waals surface area contributed by atoms with E-state index in [4.69, 9.17) is 14.5 Å². The molecule has 1 aliphatic rings. The van der Waals surface area contributed by atoms with E-state index in [1.165, 1.54) is 11.3 Å². The Bertz CT molecular complexity index is 2330. The molecule has 0 spiro atoms. The van der Waals surface area contributed by atoms with Gasteiger partial charge in [0.2, 0.25) is 0 Å². The predicted molar refractivity (Wildman–Crippen MR) is 191 cm³/mol. The quantitative estimate of drug-likeness (QED) is 0.183. The fraction of sp³-hybridized carbons (Fsp3) is 0.125. The van der Waals surface area contributed by atoms with Crippen LogP contribution in [0.2, 0.25) is 0 Å². The van der Waals surface area contributed by atoms with Crippen LogP contribution in [-0.2, 0) is 11.4 Å². The smallest absolute Gasteiger partial charge is 0.271 e. The van der Waals surface area contributed by atoms with Crippen molar-refractivity contribution in [2.75, 3.05) is 11.9 Å². The van der Waals surface area contributed by atoms with Crippen LogP contribution in [0.25, 0.3) is 16.8 Å². The van der Waals surface area contributed by atoms with Crippen LogP contribution in [0.1, 0.15) is 36.6 Å². The molecule has 48 heavy (non-hydrogen) atoms. The molecule has 5 aromatic carbocycles. The average molecular weight is 652 g/mol. The summed E-state index contributed by atoms with van der Waals surface area (Å²) in [7, 11) is 0. The van der Waals surface area contributed by atoms with Gasteiger partial charge in [-0.25, -0.2) is 4.99 Å². The van der Waals surface area contributed by atoms with Gasteiger partial charge < -0.3 is 14.8 Å². The molecule has 7 nitrogen and oxygen atoms in total. The molecule has 8 heteroatoms. The van der Waals surface area contributed by atoms with E-state index >= 15 is 0 Å². The van der Waals surface area contributed by atoms with E-state index in [0.29, 0.717) is 51.0 Å². The lowest BCUT2D eigenvalue weighted by molar-refractivity contribution is -0.113. The Morgan fingerprint density at radius 2 is 1.58 bits per heavy atom. The summed E-state index contributed by atoms with van der Waals surface area (Å²) in [6.07, 6.45) is 1.89. The molecule has 0 bridgehead atoms. The number of para-hydroxylation sites is 1. The largest absolute Gasteiger partial charge is 0.494 e. The van der Waals surface area contributed by atoms with Gasteiger partial charge in [0.1, 0.15) is 18.1 Å². The van der Waals surface area contributed by atoms with Gasteiger partial charge in [-0.15, -0.1) is 0 Å². The second-order valence-corrected chi connectivity index (χ2v) is 12.4. The third kappa shape index (κ3) is 6.18. The van der Waals surface area contributed by atoms with Gasteiger partial charge in [-0.05, 0) is 72.2 Å². The van der Waals surface area contributed by atoms with Crippen LogP contribution >= 0.6 is 11.3 Å². The van der Waals surface area contributed by atoms with Crippen LogP contribution in [0.15, 0.2) is 142 Å². The Morgan fingerprint density at radius 1 is 0.875 bits per heavy atom. The van der Waals surface area contributed by atoms with Gasteiger partial charge in [0.05, 0.1) is 28.5 Å². The fourth-order valence-electron chi connectivity index (χ4n) is 5.98. The van der Waals surface area contributed by atoms with E-state index in [-0.39, 0.29) is 11.5 Å². The van der Waals surface area contributed by atoms with Crippen molar-refractivity contribution in [3.05, 3.63) is 169 Å². The number of nitrogens with zero attached hydrogens (tertiary/aromatic N) is 2. The highest BCUT2D eigenvalue weighted by Gasteiger charge is 2.32. The number of hydrogen-bond donors (Lipinski definition) is 1. The van der Waals surface area contributed by atoms with Gasteiger partial charge in [-0.3, -0.25) is 14.2 Å². The van der Waals surface area contributed by atoms with Crippen molar-refractivity contribution in [1.82, 2.24) is 4.57 Å². The van der Waals surface area contributed by atoms with Crippen LogP contribution in [0.4, 0.5) is 5.69 Å². The molecule has 1 aliphatic heterocycles. The van der Waals surface area contributed by atoms with Crippen LogP contribution < -0.4 is 29.7 Å². The van der Waals surface area contributed by atoms with Crippen LogP contribution in [0.5, 0.6) is 11.5 Å². The number of carbonyl (C=O) groups is 1. The van der Waals surface area contributed by atoms with Crippen molar-refractivity contribution in [3.8, 4) is 11.5 Å². The Hall–Kier alpha value is -5.73. The van der Waals surface area contributed by atoms with Crippen molar-refractivity contribution in [2.24, 2.45) is 4.99 Å². The molecule has 1 atom stereocenters. The molecule has 0 saturated carbocycles. The highest BCUT2D eigenvalue weighted by atomic mass is 32.1. The second kappa shape index (κ2) is 13.6. The number of hydrogen-bond acceptors (Lipinski definition) is 6. The van der Waals surface area contributed by atoms with Gasteiger partial charge in [0.15, 0.2) is 4.80 Å². The number of ether oxygens (including phenoxy) is 2. The van der Waals surface area contributed by atoms with Gasteiger partial charge in [-0.1, -0.05) is 102 Å². The van der Waals surface area contributed by atoms with Crippen molar-refractivity contribution in [2.45, 2.75) is 26.5 Å². The van der Waals surface area contributed by atoms with Crippen molar-refractivity contribution >= 4 is 39.8 Å². The second-order valence-electron chi connectivity index (χ2n) is 11.4. The Labute approximate surface area is 281 Å². The number of amides is 1. The summed E-state index contributed by atoms with van der Waals surface area (Å²) in [5.74, 6) is 1.07. The molecule has 0 aliphatic carbocycles. The maximum absolute atomic E-state index is 14.5.